The molecule has 10 rings (SSSR count). The third kappa shape index (κ3) is 4.67. The highest BCUT2D eigenvalue weighted by Crippen LogP contribution is 2.54. The second-order valence-electron chi connectivity index (χ2n) is 13.7. The van der Waals surface area contributed by atoms with E-state index in [0.717, 1.165) is 50.1 Å². The fourth-order valence-corrected chi connectivity index (χ4v) is 8.50. The van der Waals surface area contributed by atoms with Gasteiger partial charge in [0.15, 0.2) is 17.5 Å². The van der Waals surface area contributed by atoms with Gasteiger partial charge in [0, 0.05) is 27.6 Å². The molecular weight excluding hydrogens is 657 g/mol. The third-order valence-corrected chi connectivity index (χ3v) is 10.9. The lowest BCUT2D eigenvalue weighted by Gasteiger charge is -2.42. The van der Waals surface area contributed by atoms with Gasteiger partial charge in [-0.25, -0.2) is 15.0 Å². The Labute approximate surface area is 314 Å². The lowest BCUT2D eigenvalue weighted by Crippen LogP contribution is -2.35. The summed E-state index contributed by atoms with van der Waals surface area (Å²) in [4.78, 5) is 15.0. The van der Waals surface area contributed by atoms with Crippen LogP contribution in [-0.4, -0.2) is 19.5 Å². The molecule has 0 bridgehead atoms. The Bertz CT molecular complexity index is 2850. The molecule has 0 aliphatic carbocycles. The van der Waals surface area contributed by atoms with Crippen LogP contribution in [0.1, 0.15) is 33.5 Å². The van der Waals surface area contributed by atoms with E-state index >= 15 is 0 Å². The number of rotatable bonds is 7. The molecule has 1 atom stereocenters. The molecule has 9 aromatic rings. The Morgan fingerprint density at radius 1 is 0.463 bits per heavy atom. The summed E-state index contributed by atoms with van der Waals surface area (Å²) in [6, 6.07) is 60.0. The Morgan fingerprint density at radius 3 is 1.67 bits per heavy atom. The summed E-state index contributed by atoms with van der Waals surface area (Å²) >= 11 is 0. The maximum absolute atomic E-state index is 5.04. The standard InChI is InChI=1S/C50H34N4/c1-3-40-41-22-15-24-43-46(41)54(44(40)4-2)45-25-14-13-23-42(45)50(43,39-31-26-33-16-11-12-21-37(33)32-39)38-29-27-36(28-30-38)49-52-47(34-17-7-5-8-18-34)51-48(53-49)35-19-9-6-10-20-35/h3-32H,1-2H2. The highest BCUT2D eigenvalue weighted by molar-refractivity contribution is 6.01. The van der Waals surface area contributed by atoms with Crippen LogP contribution in [0.2, 0.25) is 0 Å². The van der Waals surface area contributed by atoms with Gasteiger partial charge in [0.1, 0.15) is 0 Å². The lowest BCUT2D eigenvalue weighted by atomic mass is 9.63. The molecule has 0 N–H and O–H groups in total. The molecule has 254 valence electrons. The normalized spacial score (nSPS) is 14.5. The van der Waals surface area contributed by atoms with Crippen LogP contribution in [0.4, 0.5) is 0 Å². The number of para-hydroxylation sites is 2. The van der Waals surface area contributed by atoms with Crippen LogP contribution in [0.5, 0.6) is 0 Å². The topological polar surface area (TPSA) is 43.6 Å². The molecular formula is C50H34N4. The van der Waals surface area contributed by atoms with E-state index in [1.54, 1.807) is 0 Å². The van der Waals surface area contributed by atoms with Crippen molar-refractivity contribution in [2.75, 3.05) is 0 Å². The van der Waals surface area contributed by atoms with Crippen molar-refractivity contribution in [1.82, 2.24) is 19.5 Å². The largest absolute Gasteiger partial charge is 0.309 e. The summed E-state index contributed by atoms with van der Waals surface area (Å²) in [5.41, 5.74) is 11.3. The fourth-order valence-electron chi connectivity index (χ4n) is 8.50. The van der Waals surface area contributed by atoms with E-state index in [0.29, 0.717) is 17.5 Å². The molecule has 1 aliphatic rings. The zero-order valence-corrected chi connectivity index (χ0v) is 29.5. The molecule has 0 saturated carbocycles. The molecule has 54 heavy (non-hydrogen) atoms. The van der Waals surface area contributed by atoms with Crippen molar-refractivity contribution in [2.45, 2.75) is 5.41 Å². The van der Waals surface area contributed by atoms with Gasteiger partial charge in [-0.15, -0.1) is 0 Å². The average molecular weight is 691 g/mol. The molecule has 0 amide bonds. The number of hydrogen-bond acceptors (Lipinski definition) is 3. The van der Waals surface area contributed by atoms with Gasteiger partial charge in [-0.2, -0.15) is 0 Å². The molecule has 4 heteroatoms. The molecule has 0 spiro atoms. The predicted octanol–water partition coefficient (Wildman–Crippen LogP) is 12.0. The highest BCUT2D eigenvalue weighted by atomic mass is 15.0. The Balaban J connectivity index is 1.25. The van der Waals surface area contributed by atoms with Gasteiger partial charge in [0.25, 0.3) is 0 Å². The zero-order chi connectivity index (χ0) is 36.2. The lowest BCUT2D eigenvalue weighted by molar-refractivity contribution is 0.725. The van der Waals surface area contributed by atoms with Crippen molar-refractivity contribution in [2.24, 2.45) is 0 Å². The minimum Gasteiger partial charge on any atom is -0.309 e. The second-order valence-corrected chi connectivity index (χ2v) is 13.7. The second kappa shape index (κ2) is 12.5. The summed E-state index contributed by atoms with van der Waals surface area (Å²) in [6.45, 7) is 8.50. The van der Waals surface area contributed by atoms with Crippen LogP contribution in [0, 0.1) is 0 Å². The van der Waals surface area contributed by atoms with Gasteiger partial charge in [-0.3, -0.25) is 0 Å². The van der Waals surface area contributed by atoms with Crippen molar-refractivity contribution in [1.29, 1.82) is 0 Å². The molecule has 0 radical (unpaired) electrons. The summed E-state index contributed by atoms with van der Waals surface area (Å²) in [5, 5.41) is 3.56. The van der Waals surface area contributed by atoms with Crippen molar-refractivity contribution in [3.8, 4) is 39.9 Å². The SMILES string of the molecule is C=Cc1c(C=C)n2c3c(cccc13)C(c1ccc(-c3nc(-c4ccccc4)nc(-c4ccccc4)n3)cc1)(c1ccc3ccccc3c1)c1ccccc1-2. The van der Waals surface area contributed by atoms with E-state index in [1.165, 1.54) is 27.5 Å². The van der Waals surface area contributed by atoms with Gasteiger partial charge >= 0.3 is 0 Å². The summed E-state index contributed by atoms with van der Waals surface area (Å²) in [5.74, 6) is 1.90. The van der Waals surface area contributed by atoms with Crippen LogP contribution in [-0.2, 0) is 5.41 Å². The number of aromatic nitrogens is 4. The van der Waals surface area contributed by atoms with Gasteiger partial charge in [0.2, 0.25) is 0 Å². The number of benzene rings is 7. The highest BCUT2D eigenvalue weighted by Gasteiger charge is 2.45. The molecule has 4 nitrogen and oxygen atoms in total. The average Bonchev–Trinajstić information content (AvgIpc) is 3.59. The maximum Gasteiger partial charge on any atom is 0.164 e. The first-order valence-electron chi connectivity index (χ1n) is 18.2. The summed E-state index contributed by atoms with van der Waals surface area (Å²) in [7, 11) is 0. The smallest absolute Gasteiger partial charge is 0.164 e. The van der Waals surface area contributed by atoms with Crippen molar-refractivity contribution < 1.29 is 0 Å². The van der Waals surface area contributed by atoms with Gasteiger partial charge in [0.05, 0.1) is 22.3 Å². The number of hydrogen-bond donors (Lipinski definition) is 0. The van der Waals surface area contributed by atoms with Crippen LogP contribution < -0.4 is 0 Å². The maximum atomic E-state index is 5.04. The number of nitrogens with zero attached hydrogens (tertiary/aromatic N) is 4. The van der Waals surface area contributed by atoms with Crippen LogP contribution in [0.25, 0.3) is 73.7 Å². The van der Waals surface area contributed by atoms with E-state index in [2.05, 4.69) is 127 Å². The first-order chi connectivity index (χ1) is 26.7. The van der Waals surface area contributed by atoms with Crippen molar-refractivity contribution in [3.05, 3.63) is 217 Å². The van der Waals surface area contributed by atoms with Crippen LogP contribution >= 0.6 is 0 Å². The fraction of sp³-hybridized carbons (Fsp3) is 0.0200. The molecule has 0 saturated heterocycles. The predicted molar refractivity (Wildman–Crippen MR) is 223 cm³/mol. The minimum atomic E-state index is -0.659. The molecule has 7 aromatic carbocycles. The zero-order valence-electron chi connectivity index (χ0n) is 29.5. The Kier molecular flexibility index (Phi) is 7.31. The quantitative estimate of drug-likeness (QED) is 0.167. The van der Waals surface area contributed by atoms with Crippen molar-refractivity contribution >= 4 is 33.8 Å². The van der Waals surface area contributed by atoms with E-state index in [-0.39, 0.29) is 0 Å². The monoisotopic (exact) mass is 690 g/mol. The van der Waals surface area contributed by atoms with Crippen molar-refractivity contribution in [3.63, 3.8) is 0 Å². The Morgan fingerprint density at radius 2 is 1.02 bits per heavy atom. The van der Waals surface area contributed by atoms with E-state index in [4.69, 9.17) is 15.0 Å². The van der Waals surface area contributed by atoms with Crippen LogP contribution in [0.3, 0.4) is 0 Å². The van der Waals surface area contributed by atoms with E-state index < -0.39 is 5.41 Å². The summed E-state index contributed by atoms with van der Waals surface area (Å²) < 4.78 is 2.37. The molecule has 1 unspecified atom stereocenters. The minimum absolute atomic E-state index is 0.625. The first-order valence-corrected chi connectivity index (χ1v) is 18.2. The van der Waals surface area contributed by atoms with Crippen LogP contribution in [0.15, 0.2) is 183 Å². The molecule has 2 aromatic heterocycles. The van der Waals surface area contributed by atoms with E-state index in [1.807, 2.05) is 72.8 Å². The summed E-state index contributed by atoms with van der Waals surface area (Å²) in [6.07, 6.45) is 3.92. The number of fused-ring (bicyclic) bond motifs is 3. The van der Waals surface area contributed by atoms with Gasteiger partial charge in [-0.05, 0) is 51.2 Å². The molecule has 3 heterocycles. The third-order valence-electron chi connectivity index (χ3n) is 10.9. The first kappa shape index (κ1) is 31.6. The molecule has 1 aliphatic heterocycles. The van der Waals surface area contributed by atoms with Gasteiger partial charge < -0.3 is 4.57 Å². The Hall–Kier alpha value is -7.17. The van der Waals surface area contributed by atoms with Gasteiger partial charge in [-0.1, -0.05) is 177 Å². The molecule has 0 fully saturated rings. The van der Waals surface area contributed by atoms with E-state index in [9.17, 15) is 0 Å².